The molecule has 10 nitrogen and oxygen atoms in total. The molecule has 0 aliphatic carbocycles. The predicted octanol–water partition coefficient (Wildman–Crippen LogP) is 3.79. The first-order valence-electron chi connectivity index (χ1n) is 9.32. The van der Waals surface area contributed by atoms with E-state index in [1.807, 2.05) is 13.8 Å². The third kappa shape index (κ3) is 4.90. The van der Waals surface area contributed by atoms with Gasteiger partial charge in [-0.25, -0.2) is 34.4 Å². The number of aryl methyl sites for hydroxylation is 1. The van der Waals surface area contributed by atoms with Crippen LogP contribution in [0.4, 0.5) is 30.8 Å². The van der Waals surface area contributed by atoms with Gasteiger partial charge in [-0.05, 0) is 19.9 Å². The summed E-state index contributed by atoms with van der Waals surface area (Å²) in [6, 6.07) is 0.407. The molecule has 32 heavy (non-hydrogen) atoms. The lowest BCUT2D eigenvalue weighted by Crippen LogP contribution is -2.27. The number of carbonyl (C=O) groups is 1. The monoisotopic (exact) mass is 464 g/mol. The van der Waals surface area contributed by atoms with Crippen LogP contribution in [0.2, 0.25) is 0 Å². The van der Waals surface area contributed by atoms with Crippen molar-refractivity contribution in [3.05, 3.63) is 47.0 Å². The van der Waals surface area contributed by atoms with Gasteiger partial charge in [0.1, 0.15) is 10.3 Å². The second kappa shape index (κ2) is 9.80. The Kier molecular flexibility index (Phi) is 7.12. The van der Waals surface area contributed by atoms with E-state index in [1.165, 1.54) is 29.9 Å². The molecule has 1 atom stereocenters. The van der Waals surface area contributed by atoms with Crippen LogP contribution in [-0.2, 0) is 4.74 Å². The van der Waals surface area contributed by atoms with E-state index in [0.29, 0.717) is 21.6 Å². The van der Waals surface area contributed by atoms with E-state index in [-0.39, 0.29) is 17.6 Å². The summed E-state index contributed by atoms with van der Waals surface area (Å²) in [5.74, 6) is 5.45. The van der Waals surface area contributed by atoms with Gasteiger partial charge in [0.25, 0.3) is 6.43 Å². The summed E-state index contributed by atoms with van der Waals surface area (Å²) < 4.78 is 32.4. The van der Waals surface area contributed by atoms with E-state index < -0.39 is 18.0 Å². The predicted molar refractivity (Wildman–Crippen MR) is 119 cm³/mol. The molecule has 6 N–H and O–H groups in total. The average molecular weight is 465 g/mol. The Labute approximate surface area is 186 Å². The number of alkyl halides is 2. The van der Waals surface area contributed by atoms with Crippen LogP contribution in [0.15, 0.2) is 30.9 Å². The molecule has 1 unspecified atom stereocenters. The van der Waals surface area contributed by atoms with Crippen molar-refractivity contribution >= 4 is 44.9 Å². The number of nitrogens with one attached hydrogen (secondary N) is 2. The molecule has 0 aliphatic heterocycles. The molecule has 2 amide bonds. The second-order valence-corrected chi connectivity index (χ2v) is 7.80. The Morgan fingerprint density at radius 2 is 2.06 bits per heavy atom. The number of methoxy groups -OCH3 is 1. The van der Waals surface area contributed by atoms with Gasteiger partial charge in [0, 0.05) is 25.1 Å². The van der Waals surface area contributed by atoms with E-state index in [2.05, 4.69) is 25.6 Å². The van der Waals surface area contributed by atoms with Crippen molar-refractivity contribution in [3.8, 4) is 0 Å². The highest BCUT2D eigenvalue weighted by Crippen LogP contribution is 2.34. The first kappa shape index (κ1) is 23.2. The Morgan fingerprint density at radius 3 is 2.72 bits per heavy atom. The molecule has 0 radical (unpaired) electrons. The van der Waals surface area contributed by atoms with Gasteiger partial charge < -0.3 is 21.1 Å². The molecule has 170 valence electrons. The Balaban J connectivity index is 1.87. The number of hydrogen-bond donors (Lipinski definition) is 4. The van der Waals surface area contributed by atoms with E-state index in [9.17, 15) is 13.6 Å². The van der Waals surface area contributed by atoms with E-state index in [0.717, 1.165) is 22.3 Å². The molecule has 3 aromatic rings. The second-order valence-electron chi connectivity index (χ2n) is 6.62. The van der Waals surface area contributed by atoms with Crippen LogP contribution in [0.25, 0.3) is 10.3 Å². The smallest absolute Gasteiger partial charge is 0.323 e. The van der Waals surface area contributed by atoms with Crippen molar-refractivity contribution in [1.29, 1.82) is 0 Å². The highest BCUT2D eigenvalue weighted by atomic mass is 32.1. The summed E-state index contributed by atoms with van der Waals surface area (Å²) in [5.41, 5.74) is 6.48. The van der Waals surface area contributed by atoms with Crippen LogP contribution in [0, 0.1) is 6.92 Å². The van der Waals surface area contributed by atoms with Gasteiger partial charge in [-0.2, -0.15) is 0 Å². The van der Waals surface area contributed by atoms with Crippen molar-refractivity contribution in [2.24, 2.45) is 11.6 Å². The van der Waals surface area contributed by atoms with Gasteiger partial charge >= 0.3 is 6.03 Å². The zero-order valence-corrected chi connectivity index (χ0v) is 18.3. The van der Waals surface area contributed by atoms with Crippen LogP contribution >= 0.6 is 11.3 Å². The number of thiazole rings is 1. The van der Waals surface area contributed by atoms with Crippen LogP contribution in [0.5, 0.6) is 0 Å². The molecule has 0 aromatic carbocycles. The SMILES string of the molecule is COC(C)c1c(NC(=O)Nc2cnc(N(N)/C=C\N)c(C(F)F)c2)cnc2sc(C)nc12. The maximum absolute atomic E-state index is 13.5. The molecule has 0 saturated carbocycles. The number of anilines is 3. The zero-order chi connectivity index (χ0) is 23.4. The van der Waals surface area contributed by atoms with Crippen LogP contribution in [-0.4, -0.2) is 28.1 Å². The number of urea groups is 1. The summed E-state index contributed by atoms with van der Waals surface area (Å²) in [4.78, 5) is 26.1. The number of nitrogens with two attached hydrogens (primary N) is 2. The number of carbonyl (C=O) groups excluding carboxylic acids is 1. The van der Waals surface area contributed by atoms with Gasteiger partial charge in [-0.1, -0.05) is 11.3 Å². The molecule has 0 bridgehead atoms. The summed E-state index contributed by atoms with van der Waals surface area (Å²) in [7, 11) is 1.54. The van der Waals surface area contributed by atoms with Crippen molar-refractivity contribution in [2.75, 3.05) is 22.8 Å². The zero-order valence-electron chi connectivity index (χ0n) is 17.5. The fourth-order valence-corrected chi connectivity index (χ4v) is 3.77. The minimum absolute atomic E-state index is 0.0477. The summed E-state index contributed by atoms with van der Waals surface area (Å²) >= 11 is 1.42. The van der Waals surface area contributed by atoms with Gasteiger partial charge in [0.15, 0.2) is 5.82 Å². The maximum atomic E-state index is 13.5. The van der Waals surface area contributed by atoms with Crippen molar-refractivity contribution < 1.29 is 18.3 Å². The van der Waals surface area contributed by atoms with E-state index in [1.54, 1.807) is 7.11 Å². The molecule has 3 aromatic heterocycles. The van der Waals surface area contributed by atoms with Gasteiger partial charge in [0.2, 0.25) is 0 Å². The van der Waals surface area contributed by atoms with Crippen molar-refractivity contribution in [2.45, 2.75) is 26.4 Å². The normalized spacial score (nSPS) is 12.5. The number of ether oxygens (including phenoxy) is 1. The topological polar surface area (TPSA) is 144 Å². The molecule has 3 heterocycles. The molecular formula is C19H22F2N8O2S. The number of hydrazine groups is 1. The van der Waals surface area contributed by atoms with Crippen molar-refractivity contribution in [1.82, 2.24) is 15.0 Å². The minimum Gasteiger partial charge on any atom is -0.403 e. The summed E-state index contributed by atoms with van der Waals surface area (Å²) in [5, 5.41) is 6.85. The fourth-order valence-electron chi connectivity index (χ4n) is 3.00. The number of hydrogen-bond acceptors (Lipinski definition) is 9. The maximum Gasteiger partial charge on any atom is 0.323 e. The molecule has 0 saturated heterocycles. The Morgan fingerprint density at radius 1 is 1.31 bits per heavy atom. The highest BCUT2D eigenvalue weighted by molar-refractivity contribution is 7.18. The minimum atomic E-state index is -2.88. The summed E-state index contributed by atoms with van der Waals surface area (Å²) in [6.07, 6.45) is 1.71. The number of halogens is 2. The Bertz CT molecular complexity index is 1150. The first-order valence-corrected chi connectivity index (χ1v) is 10.1. The molecule has 3 rings (SSSR count). The Hall–Kier alpha value is -3.42. The third-order valence-corrected chi connectivity index (χ3v) is 5.34. The molecule has 0 spiro atoms. The van der Waals surface area contributed by atoms with Crippen LogP contribution in [0.3, 0.4) is 0 Å². The molecule has 0 aliphatic rings. The van der Waals surface area contributed by atoms with Crippen molar-refractivity contribution in [3.63, 3.8) is 0 Å². The number of fused-ring (bicyclic) bond motifs is 1. The summed E-state index contributed by atoms with van der Waals surface area (Å²) in [6.45, 7) is 3.68. The molecule has 0 fully saturated rings. The highest BCUT2D eigenvalue weighted by Gasteiger charge is 2.21. The number of pyridine rings is 2. The number of aromatic nitrogens is 3. The van der Waals surface area contributed by atoms with Gasteiger partial charge in [-0.3, -0.25) is 5.01 Å². The van der Waals surface area contributed by atoms with E-state index in [4.69, 9.17) is 16.3 Å². The molecular weight excluding hydrogens is 442 g/mol. The largest absolute Gasteiger partial charge is 0.403 e. The first-order chi connectivity index (χ1) is 15.2. The lowest BCUT2D eigenvalue weighted by molar-refractivity contribution is 0.121. The quantitative estimate of drug-likeness (QED) is 0.305. The molecule has 13 heteroatoms. The lowest BCUT2D eigenvalue weighted by Gasteiger charge is -2.18. The standard InChI is InChI=1S/C19H22F2N8O2S/c1-9(31-3)14-13(8-25-18-15(14)26-10(2)32-18)28-19(30)27-11-6-12(16(20)21)17(24-7-11)29(23)5-4-22/h4-9,16H,22-23H2,1-3H3,(H2,27,28,30)/b5-4-. The van der Waals surface area contributed by atoms with Gasteiger partial charge in [0.05, 0.1) is 40.4 Å². The average Bonchev–Trinajstić information content (AvgIpc) is 3.13. The lowest BCUT2D eigenvalue weighted by atomic mass is 10.1. The number of nitrogens with zero attached hydrogens (tertiary/aromatic N) is 4. The fraction of sp³-hybridized carbons (Fsp3) is 0.263. The van der Waals surface area contributed by atoms with Gasteiger partial charge in [-0.15, -0.1) is 0 Å². The number of rotatable bonds is 7. The van der Waals surface area contributed by atoms with Crippen LogP contribution in [0.1, 0.15) is 35.6 Å². The van der Waals surface area contributed by atoms with E-state index >= 15 is 0 Å². The number of amides is 2. The van der Waals surface area contributed by atoms with Crippen LogP contribution < -0.4 is 27.2 Å². The third-order valence-electron chi connectivity index (χ3n) is 4.46.